The number of hydrogen-bond donors (Lipinski definition) is 1. The molecule has 1 saturated carbocycles. The van der Waals surface area contributed by atoms with Gasteiger partial charge >= 0.3 is 0 Å². The minimum atomic E-state index is -3.51. The smallest absolute Gasteiger partial charge is 0.246 e. The predicted molar refractivity (Wildman–Crippen MR) is 78.1 cm³/mol. The quantitative estimate of drug-likeness (QED) is 0.874. The van der Waals surface area contributed by atoms with Gasteiger partial charge in [0.1, 0.15) is 16.4 Å². The first kappa shape index (κ1) is 15.5. The zero-order chi connectivity index (χ0) is 15.1. The summed E-state index contributed by atoms with van der Waals surface area (Å²) in [6.07, 6.45) is 2.34. The third-order valence-electron chi connectivity index (χ3n) is 3.83. The Balaban J connectivity index is 2.38. The van der Waals surface area contributed by atoms with E-state index in [1.807, 2.05) is 20.8 Å². The Morgan fingerprint density at radius 2 is 1.90 bits per heavy atom. The standard InChI is InChI=1S/C14H24N2O3S/c1-9(2)16(5)20(17,18)14-11(4)19-10(3)13(14)8-15-12-6-7-12/h9,12,15H,6-8H2,1-5H3. The summed E-state index contributed by atoms with van der Waals surface area (Å²) < 4.78 is 32.4. The predicted octanol–water partition coefficient (Wildman–Crippen LogP) is 2.18. The van der Waals surface area contributed by atoms with E-state index in [9.17, 15) is 8.42 Å². The summed E-state index contributed by atoms with van der Waals surface area (Å²) in [5.74, 6) is 1.16. The molecule has 1 aromatic heterocycles. The molecule has 1 aliphatic rings. The van der Waals surface area contributed by atoms with Crippen molar-refractivity contribution in [1.82, 2.24) is 9.62 Å². The number of furan rings is 1. The number of aryl methyl sites for hydroxylation is 2. The summed E-state index contributed by atoms with van der Waals surface area (Å²) in [6.45, 7) is 7.82. The molecule has 1 fully saturated rings. The van der Waals surface area contributed by atoms with Crippen molar-refractivity contribution in [3.05, 3.63) is 17.1 Å². The van der Waals surface area contributed by atoms with Crippen LogP contribution in [-0.2, 0) is 16.6 Å². The molecule has 0 radical (unpaired) electrons. The Kier molecular flexibility index (Phi) is 4.27. The summed E-state index contributed by atoms with van der Waals surface area (Å²) >= 11 is 0. The summed E-state index contributed by atoms with van der Waals surface area (Å²) in [6, 6.07) is 0.446. The molecule has 0 amide bonds. The van der Waals surface area contributed by atoms with Gasteiger partial charge in [0.15, 0.2) is 0 Å². The van der Waals surface area contributed by atoms with Gasteiger partial charge in [-0.1, -0.05) is 0 Å². The van der Waals surface area contributed by atoms with E-state index in [1.165, 1.54) is 17.1 Å². The highest BCUT2D eigenvalue weighted by Crippen LogP contribution is 2.30. The van der Waals surface area contributed by atoms with Gasteiger partial charge in [0.05, 0.1) is 0 Å². The molecule has 20 heavy (non-hydrogen) atoms. The first-order valence-electron chi connectivity index (χ1n) is 7.05. The van der Waals surface area contributed by atoms with Crippen molar-refractivity contribution in [2.45, 2.75) is 64.1 Å². The summed E-state index contributed by atoms with van der Waals surface area (Å²) in [4.78, 5) is 0.333. The lowest BCUT2D eigenvalue weighted by molar-refractivity contribution is 0.408. The van der Waals surface area contributed by atoms with Crippen LogP contribution in [0.15, 0.2) is 9.31 Å². The lowest BCUT2D eigenvalue weighted by Gasteiger charge is -2.21. The fraction of sp³-hybridized carbons (Fsp3) is 0.714. The van der Waals surface area contributed by atoms with Crippen LogP contribution in [0, 0.1) is 13.8 Å². The Hall–Kier alpha value is -0.850. The van der Waals surface area contributed by atoms with Gasteiger partial charge in [0.2, 0.25) is 10.0 Å². The van der Waals surface area contributed by atoms with E-state index < -0.39 is 10.0 Å². The molecule has 0 atom stereocenters. The monoisotopic (exact) mass is 300 g/mol. The molecule has 0 aromatic carbocycles. The molecule has 0 saturated heterocycles. The largest absolute Gasteiger partial charge is 0.465 e. The maximum absolute atomic E-state index is 12.7. The van der Waals surface area contributed by atoms with E-state index >= 15 is 0 Å². The van der Waals surface area contributed by atoms with Crippen LogP contribution in [0.4, 0.5) is 0 Å². The molecule has 114 valence electrons. The molecule has 1 N–H and O–H groups in total. The molecule has 0 bridgehead atoms. The molecule has 2 rings (SSSR count). The van der Waals surface area contributed by atoms with E-state index in [0.29, 0.717) is 29.0 Å². The summed E-state index contributed by atoms with van der Waals surface area (Å²) in [5.41, 5.74) is 0.766. The van der Waals surface area contributed by atoms with Gasteiger partial charge in [-0.15, -0.1) is 0 Å². The van der Waals surface area contributed by atoms with E-state index in [0.717, 1.165) is 5.56 Å². The minimum Gasteiger partial charge on any atom is -0.465 e. The highest BCUT2D eigenvalue weighted by atomic mass is 32.2. The van der Waals surface area contributed by atoms with Crippen LogP contribution in [0.2, 0.25) is 0 Å². The van der Waals surface area contributed by atoms with Gasteiger partial charge < -0.3 is 9.73 Å². The second kappa shape index (κ2) is 5.50. The summed E-state index contributed by atoms with van der Waals surface area (Å²) in [5, 5.41) is 3.36. The van der Waals surface area contributed by atoms with E-state index in [1.54, 1.807) is 14.0 Å². The molecule has 6 heteroatoms. The van der Waals surface area contributed by atoms with Crippen molar-refractivity contribution in [3.63, 3.8) is 0 Å². The molecule has 1 aliphatic carbocycles. The van der Waals surface area contributed by atoms with Crippen LogP contribution in [0.25, 0.3) is 0 Å². The average Bonchev–Trinajstić information content (AvgIpc) is 3.11. The number of hydrogen-bond acceptors (Lipinski definition) is 4. The second-order valence-corrected chi connectivity index (χ2v) is 7.73. The van der Waals surface area contributed by atoms with Crippen molar-refractivity contribution in [1.29, 1.82) is 0 Å². The van der Waals surface area contributed by atoms with Crippen molar-refractivity contribution < 1.29 is 12.8 Å². The fourth-order valence-electron chi connectivity index (χ4n) is 2.21. The highest BCUT2D eigenvalue weighted by molar-refractivity contribution is 7.89. The van der Waals surface area contributed by atoms with Gasteiger partial charge in [-0.2, -0.15) is 4.31 Å². The van der Waals surface area contributed by atoms with E-state index in [4.69, 9.17) is 4.42 Å². The summed E-state index contributed by atoms with van der Waals surface area (Å²) in [7, 11) is -1.90. The third-order valence-corrected chi connectivity index (χ3v) is 6.06. The lowest BCUT2D eigenvalue weighted by atomic mass is 10.2. The number of rotatable bonds is 6. The van der Waals surface area contributed by atoms with Gasteiger partial charge in [-0.25, -0.2) is 8.42 Å². The molecule has 0 aliphatic heterocycles. The van der Waals surface area contributed by atoms with Crippen molar-refractivity contribution in [3.8, 4) is 0 Å². The first-order chi connectivity index (χ1) is 9.25. The molecule has 0 unspecified atom stereocenters. The normalized spacial score (nSPS) is 16.4. The zero-order valence-electron chi connectivity index (χ0n) is 12.9. The van der Waals surface area contributed by atoms with E-state index in [-0.39, 0.29) is 6.04 Å². The Labute approximate surface area is 121 Å². The van der Waals surface area contributed by atoms with Crippen molar-refractivity contribution in [2.75, 3.05) is 7.05 Å². The molecule has 5 nitrogen and oxygen atoms in total. The average molecular weight is 300 g/mol. The van der Waals surface area contributed by atoms with Gasteiger partial charge in [-0.05, 0) is 40.5 Å². The topological polar surface area (TPSA) is 62.6 Å². The van der Waals surface area contributed by atoms with Gasteiger partial charge in [0, 0.05) is 31.2 Å². The Morgan fingerprint density at radius 3 is 2.40 bits per heavy atom. The third kappa shape index (κ3) is 2.92. The van der Waals surface area contributed by atoms with Crippen molar-refractivity contribution >= 4 is 10.0 Å². The van der Waals surface area contributed by atoms with Gasteiger partial charge in [0.25, 0.3) is 0 Å². The minimum absolute atomic E-state index is 0.0844. The van der Waals surface area contributed by atoms with Crippen LogP contribution < -0.4 is 5.32 Å². The maximum atomic E-state index is 12.7. The van der Waals surface area contributed by atoms with Crippen LogP contribution in [0.3, 0.4) is 0 Å². The first-order valence-corrected chi connectivity index (χ1v) is 8.49. The highest BCUT2D eigenvalue weighted by Gasteiger charge is 2.32. The fourth-order valence-corrected chi connectivity index (χ4v) is 3.98. The molecule has 1 heterocycles. The molecular weight excluding hydrogens is 276 g/mol. The van der Waals surface area contributed by atoms with Crippen LogP contribution in [0.1, 0.15) is 43.8 Å². The molecule has 0 spiro atoms. The zero-order valence-corrected chi connectivity index (χ0v) is 13.7. The van der Waals surface area contributed by atoms with Crippen LogP contribution in [0.5, 0.6) is 0 Å². The number of sulfonamides is 1. The Morgan fingerprint density at radius 1 is 1.30 bits per heavy atom. The lowest BCUT2D eigenvalue weighted by Crippen LogP contribution is -2.34. The SMILES string of the molecule is Cc1oc(C)c(S(=O)(=O)N(C)C(C)C)c1CNC1CC1. The number of nitrogens with zero attached hydrogens (tertiary/aromatic N) is 1. The van der Waals surface area contributed by atoms with Crippen LogP contribution in [-0.4, -0.2) is 31.9 Å². The van der Waals surface area contributed by atoms with Crippen LogP contribution >= 0.6 is 0 Å². The molecular formula is C14H24N2O3S. The van der Waals surface area contributed by atoms with Gasteiger partial charge in [-0.3, -0.25) is 0 Å². The second-order valence-electron chi connectivity index (χ2n) is 5.79. The van der Waals surface area contributed by atoms with Crippen molar-refractivity contribution in [2.24, 2.45) is 0 Å². The molecule has 1 aromatic rings. The Bertz CT molecular complexity index is 586. The van der Waals surface area contributed by atoms with E-state index in [2.05, 4.69) is 5.32 Å². The maximum Gasteiger partial charge on any atom is 0.246 e. The number of nitrogens with one attached hydrogen (secondary N) is 1.